The minimum absolute atomic E-state index is 0.126. The van der Waals surface area contributed by atoms with Crippen LogP contribution >= 0.6 is 11.3 Å². The SMILES string of the molecule is O=C(NCc1csc(=O)[nH]1)c1ccc(C(=O)O)nc1. The first-order valence-corrected chi connectivity index (χ1v) is 6.08. The van der Waals surface area contributed by atoms with Crippen LogP contribution in [-0.2, 0) is 6.54 Å². The molecule has 7 nitrogen and oxygen atoms in total. The van der Waals surface area contributed by atoms with E-state index < -0.39 is 11.9 Å². The summed E-state index contributed by atoms with van der Waals surface area (Å²) in [7, 11) is 0. The van der Waals surface area contributed by atoms with E-state index in [0.29, 0.717) is 5.69 Å². The molecule has 98 valence electrons. The number of hydrogen-bond acceptors (Lipinski definition) is 5. The first-order chi connectivity index (χ1) is 9.06. The number of hydrogen-bond donors (Lipinski definition) is 3. The molecule has 2 aromatic rings. The van der Waals surface area contributed by atoms with Gasteiger partial charge in [0.05, 0.1) is 12.1 Å². The number of amides is 1. The van der Waals surface area contributed by atoms with Crippen LogP contribution in [0.1, 0.15) is 26.5 Å². The zero-order valence-electron chi connectivity index (χ0n) is 9.54. The van der Waals surface area contributed by atoms with E-state index in [-0.39, 0.29) is 22.7 Å². The molecule has 2 rings (SSSR count). The van der Waals surface area contributed by atoms with Crippen molar-refractivity contribution in [1.29, 1.82) is 0 Å². The lowest BCUT2D eigenvalue weighted by molar-refractivity contribution is 0.0689. The monoisotopic (exact) mass is 279 g/mol. The predicted molar refractivity (Wildman–Crippen MR) is 67.3 cm³/mol. The number of aromatic amines is 1. The van der Waals surface area contributed by atoms with Gasteiger partial charge < -0.3 is 15.4 Å². The van der Waals surface area contributed by atoms with Gasteiger partial charge in [0, 0.05) is 17.3 Å². The average Bonchev–Trinajstić information content (AvgIpc) is 2.82. The third kappa shape index (κ3) is 3.26. The van der Waals surface area contributed by atoms with Gasteiger partial charge in [-0.05, 0) is 12.1 Å². The van der Waals surface area contributed by atoms with E-state index >= 15 is 0 Å². The summed E-state index contributed by atoms with van der Waals surface area (Å²) >= 11 is 1.02. The minimum Gasteiger partial charge on any atom is -0.477 e. The molecule has 19 heavy (non-hydrogen) atoms. The number of aromatic nitrogens is 2. The van der Waals surface area contributed by atoms with Crippen LogP contribution in [0.4, 0.5) is 0 Å². The Morgan fingerprint density at radius 1 is 1.42 bits per heavy atom. The molecule has 0 fully saturated rings. The van der Waals surface area contributed by atoms with Crippen molar-refractivity contribution < 1.29 is 14.7 Å². The molecule has 0 radical (unpaired) electrons. The highest BCUT2D eigenvalue weighted by Gasteiger charge is 2.09. The van der Waals surface area contributed by atoms with E-state index in [4.69, 9.17) is 5.11 Å². The van der Waals surface area contributed by atoms with Crippen LogP contribution in [0.3, 0.4) is 0 Å². The molecule has 3 N–H and O–H groups in total. The van der Waals surface area contributed by atoms with Crippen LogP contribution in [0.15, 0.2) is 28.5 Å². The highest BCUT2D eigenvalue weighted by Crippen LogP contribution is 2.01. The van der Waals surface area contributed by atoms with Gasteiger partial charge >= 0.3 is 10.8 Å². The summed E-state index contributed by atoms with van der Waals surface area (Å²) in [6.45, 7) is 0.193. The molecule has 0 aliphatic carbocycles. The summed E-state index contributed by atoms with van der Waals surface area (Å²) < 4.78 is 0. The van der Waals surface area contributed by atoms with Crippen LogP contribution in [0.5, 0.6) is 0 Å². The number of carbonyl (C=O) groups excluding carboxylic acids is 1. The second-order valence-electron chi connectivity index (χ2n) is 3.59. The van der Waals surface area contributed by atoms with E-state index in [9.17, 15) is 14.4 Å². The molecule has 0 aliphatic heterocycles. The van der Waals surface area contributed by atoms with E-state index in [1.807, 2.05) is 0 Å². The van der Waals surface area contributed by atoms with Crippen molar-refractivity contribution >= 4 is 23.2 Å². The number of thiazole rings is 1. The van der Waals surface area contributed by atoms with Gasteiger partial charge in [-0.3, -0.25) is 9.59 Å². The van der Waals surface area contributed by atoms with Crippen LogP contribution in [0.2, 0.25) is 0 Å². The molecule has 0 bridgehead atoms. The lowest BCUT2D eigenvalue weighted by Crippen LogP contribution is -2.23. The van der Waals surface area contributed by atoms with Gasteiger partial charge in [0.25, 0.3) is 5.91 Å². The normalized spacial score (nSPS) is 10.1. The van der Waals surface area contributed by atoms with Gasteiger partial charge in [-0.15, -0.1) is 0 Å². The molecule has 0 spiro atoms. The standard InChI is InChI=1S/C11H9N3O4S/c15-9(13-4-7-5-19-11(18)14-7)6-1-2-8(10(16)17)12-3-6/h1-3,5H,4H2,(H,13,15)(H,14,18)(H,16,17). The van der Waals surface area contributed by atoms with Gasteiger partial charge in [0.1, 0.15) is 5.69 Å². The maximum atomic E-state index is 11.7. The van der Waals surface area contributed by atoms with Crippen LogP contribution in [0, 0.1) is 0 Å². The molecule has 0 aromatic carbocycles. The summed E-state index contributed by atoms with van der Waals surface area (Å²) in [5.74, 6) is -1.54. The number of rotatable bonds is 4. The fraction of sp³-hybridized carbons (Fsp3) is 0.0909. The maximum absolute atomic E-state index is 11.7. The molecule has 0 aliphatic rings. The summed E-state index contributed by atoms with van der Waals surface area (Å²) in [4.78, 5) is 39.2. The Labute approximate surface area is 110 Å². The second-order valence-corrected chi connectivity index (χ2v) is 4.44. The second kappa shape index (κ2) is 5.44. The molecular weight excluding hydrogens is 270 g/mol. The topological polar surface area (TPSA) is 112 Å². The summed E-state index contributed by atoms with van der Waals surface area (Å²) in [6, 6.07) is 2.63. The quantitative estimate of drug-likeness (QED) is 0.752. The smallest absolute Gasteiger partial charge is 0.354 e. The predicted octanol–water partition coefficient (Wildman–Crippen LogP) is 0.460. The lowest BCUT2D eigenvalue weighted by Gasteiger charge is -2.03. The van der Waals surface area contributed by atoms with E-state index in [2.05, 4.69) is 15.3 Å². The first-order valence-electron chi connectivity index (χ1n) is 5.20. The van der Waals surface area contributed by atoms with Crippen molar-refractivity contribution in [3.05, 3.63) is 50.3 Å². The molecule has 0 unspecified atom stereocenters. The molecule has 2 heterocycles. The zero-order chi connectivity index (χ0) is 13.8. The molecule has 0 saturated heterocycles. The number of nitrogens with one attached hydrogen (secondary N) is 2. The highest BCUT2D eigenvalue weighted by molar-refractivity contribution is 7.07. The Balaban J connectivity index is 1.99. The lowest BCUT2D eigenvalue weighted by atomic mass is 10.2. The number of pyridine rings is 1. The van der Waals surface area contributed by atoms with Crippen molar-refractivity contribution in [3.8, 4) is 0 Å². The van der Waals surface area contributed by atoms with E-state index in [1.54, 1.807) is 5.38 Å². The van der Waals surface area contributed by atoms with Gasteiger partial charge in [-0.1, -0.05) is 11.3 Å². The molecule has 2 aromatic heterocycles. The number of carbonyl (C=O) groups is 2. The number of H-pyrrole nitrogens is 1. The molecular formula is C11H9N3O4S. The van der Waals surface area contributed by atoms with Crippen molar-refractivity contribution in [3.63, 3.8) is 0 Å². The number of carboxylic acids is 1. The number of aromatic carboxylic acids is 1. The van der Waals surface area contributed by atoms with Crippen molar-refractivity contribution in [2.75, 3.05) is 0 Å². The summed E-state index contributed by atoms with van der Waals surface area (Å²) in [5, 5.41) is 12.9. The summed E-state index contributed by atoms with van der Waals surface area (Å²) in [6.07, 6.45) is 1.19. The van der Waals surface area contributed by atoms with Crippen LogP contribution in [0.25, 0.3) is 0 Å². The third-order valence-electron chi connectivity index (χ3n) is 2.26. The fourth-order valence-electron chi connectivity index (χ4n) is 1.33. The van der Waals surface area contributed by atoms with Crippen LogP contribution < -0.4 is 10.2 Å². The number of nitrogens with zero attached hydrogens (tertiary/aromatic N) is 1. The molecule has 8 heteroatoms. The first kappa shape index (κ1) is 13.0. The Kier molecular flexibility index (Phi) is 3.71. The Morgan fingerprint density at radius 2 is 2.21 bits per heavy atom. The molecule has 0 atom stereocenters. The van der Waals surface area contributed by atoms with E-state index in [1.165, 1.54) is 18.3 Å². The van der Waals surface area contributed by atoms with Crippen molar-refractivity contribution in [1.82, 2.24) is 15.3 Å². The van der Waals surface area contributed by atoms with Crippen LogP contribution in [-0.4, -0.2) is 27.0 Å². The Morgan fingerprint density at radius 3 is 2.74 bits per heavy atom. The Bertz CT molecular complexity index is 659. The third-order valence-corrected chi connectivity index (χ3v) is 2.97. The van der Waals surface area contributed by atoms with Gasteiger partial charge in [0.15, 0.2) is 0 Å². The van der Waals surface area contributed by atoms with Gasteiger partial charge in [-0.2, -0.15) is 0 Å². The summed E-state index contributed by atoms with van der Waals surface area (Å²) in [5.41, 5.74) is 0.736. The fourth-order valence-corrected chi connectivity index (χ4v) is 1.91. The Hall–Kier alpha value is -2.48. The van der Waals surface area contributed by atoms with Crippen molar-refractivity contribution in [2.24, 2.45) is 0 Å². The minimum atomic E-state index is -1.15. The maximum Gasteiger partial charge on any atom is 0.354 e. The highest BCUT2D eigenvalue weighted by atomic mass is 32.1. The molecule has 1 amide bonds. The number of carboxylic acid groups (broad SMARTS) is 1. The largest absolute Gasteiger partial charge is 0.477 e. The van der Waals surface area contributed by atoms with Gasteiger partial charge in [-0.25, -0.2) is 9.78 Å². The van der Waals surface area contributed by atoms with E-state index in [0.717, 1.165) is 11.3 Å². The average molecular weight is 279 g/mol. The van der Waals surface area contributed by atoms with Gasteiger partial charge in [0.2, 0.25) is 0 Å². The zero-order valence-corrected chi connectivity index (χ0v) is 10.4. The van der Waals surface area contributed by atoms with Crippen molar-refractivity contribution in [2.45, 2.75) is 6.54 Å². The molecule has 0 saturated carbocycles.